The van der Waals surface area contributed by atoms with Crippen molar-refractivity contribution in [1.82, 2.24) is 0 Å². The van der Waals surface area contributed by atoms with Crippen LogP contribution in [0.2, 0.25) is 0 Å². The Morgan fingerprint density at radius 1 is 0.696 bits per heavy atom. The van der Waals surface area contributed by atoms with Crippen LogP contribution in [0.3, 0.4) is 0 Å². The van der Waals surface area contributed by atoms with Crippen LogP contribution in [0.15, 0.2) is 60.7 Å². The molecule has 2 atom stereocenters. The lowest BCUT2D eigenvalue weighted by atomic mass is 10.1. The molecule has 0 aromatic heterocycles. The third-order valence-electron chi connectivity index (χ3n) is 4.83. The monoisotopic (exact) mass is 328 g/mol. The van der Waals surface area contributed by atoms with Gasteiger partial charge in [0.2, 0.25) is 0 Å². The van der Waals surface area contributed by atoms with Gasteiger partial charge in [-0.25, -0.2) is 0 Å². The molecule has 0 heterocycles. The van der Waals surface area contributed by atoms with Gasteiger partial charge >= 0.3 is 8.56 Å². The van der Waals surface area contributed by atoms with Crippen molar-refractivity contribution in [2.45, 2.75) is 37.8 Å². The molecule has 0 aliphatic carbocycles. The van der Waals surface area contributed by atoms with E-state index in [9.17, 15) is 0 Å². The summed E-state index contributed by atoms with van der Waals surface area (Å²) >= 11 is 0. The van der Waals surface area contributed by atoms with Crippen LogP contribution < -0.4 is 0 Å². The molecule has 2 aromatic rings. The molecule has 124 valence electrons. The van der Waals surface area contributed by atoms with Crippen LogP contribution in [0.4, 0.5) is 0 Å². The number of hydrogen-bond donors (Lipinski definition) is 0. The molecule has 3 heteroatoms. The van der Waals surface area contributed by atoms with E-state index in [0.717, 1.165) is 12.8 Å². The summed E-state index contributed by atoms with van der Waals surface area (Å²) in [6.45, 7) is 4.46. The van der Waals surface area contributed by atoms with Crippen molar-refractivity contribution in [3.05, 3.63) is 71.8 Å². The average Bonchev–Trinajstić information content (AvgIpc) is 2.63. The first-order valence-electron chi connectivity index (χ1n) is 8.43. The lowest BCUT2D eigenvalue weighted by molar-refractivity contribution is 0.214. The second kappa shape index (κ2) is 8.43. The van der Waals surface area contributed by atoms with Gasteiger partial charge in [0.05, 0.1) is 0 Å². The van der Waals surface area contributed by atoms with Gasteiger partial charge in [-0.1, -0.05) is 74.5 Å². The highest BCUT2D eigenvalue weighted by Crippen LogP contribution is 2.42. The zero-order valence-electron chi connectivity index (χ0n) is 14.7. The van der Waals surface area contributed by atoms with Crippen LogP contribution in [0, 0.1) is 0 Å². The van der Waals surface area contributed by atoms with Gasteiger partial charge in [-0.15, -0.1) is 0 Å². The van der Waals surface area contributed by atoms with Gasteiger partial charge in [-0.05, 0) is 24.0 Å². The zero-order chi connectivity index (χ0) is 16.7. The predicted octanol–water partition coefficient (Wildman–Crippen LogP) is 5.19. The maximum absolute atomic E-state index is 6.22. The SMILES string of the molecule is CCC(c1ccccc1)[Si](OC)(OC)C(CC)c1ccccc1. The third kappa shape index (κ3) is 3.57. The largest absolute Gasteiger partial charge is 0.397 e. The van der Waals surface area contributed by atoms with Crippen molar-refractivity contribution in [3.8, 4) is 0 Å². The van der Waals surface area contributed by atoms with Gasteiger partial charge < -0.3 is 8.85 Å². The summed E-state index contributed by atoms with van der Waals surface area (Å²) < 4.78 is 12.4. The Balaban J connectivity index is 2.52. The molecular weight excluding hydrogens is 300 g/mol. The highest BCUT2D eigenvalue weighted by atomic mass is 28.4. The van der Waals surface area contributed by atoms with Gasteiger partial charge in [0.15, 0.2) is 0 Å². The van der Waals surface area contributed by atoms with E-state index in [1.54, 1.807) is 0 Å². The molecule has 2 nitrogen and oxygen atoms in total. The summed E-state index contributed by atoms with van der Waals surface area (Å²) in [5.74, 6) is 0. The van der Waals surface area contributed by atoms with E-state index >= 15 is 0 Å². The van der Waals surface area contributed by atoms with Crippen LogP contribution in [-0.2, 0) is 8.85 Å². The molecule has 0 saturated carbocycles. The van der Waals surface area contributed by atoms with Crippen molar-refractivity contribution < 1.29 is 8.85 Å². The minimum absolute atomic E-state index is 0.309. The van der Waals surface area contributed by atoms with Gasteiger partial charge in [0, 0.05) is 25.3 Å². The summed E-state index contributed by atoms with van der Waals surface area (Å²) in [6.07, 6.45) is 2.03. The topological polar surface area (TPSA) is 18.5 Å². The van der Waals surface area contributed by atoms with E-state index in [1.807, 2.05) is 14.2 Å². The predicted molar refractivity (Wildman–Crippen MR) is 98.7 cm³/mol. The Kier molecular flexibility index (Phi) is 6.57. The van der Waals surface area contributed by atoms with Crippen LogP contribution in [0.1, 0.15) is 48.9 Å². The molecule has 0 fully saturated rings. The molecule has 2 unspecified atom stereocenters. The maximum Gasteiger partial charge on any atom is 0.353 e. The van der Waals surface area contributed by atoms with E-state index in [0.29, 0.717) is 11.1 Å². The lowest BCUT2D eigenvalue weighted by Crippen LogP contribution is -2.52. The molecule has 0 spiro atoms. The van der Waals surface area contributed by atoms with Crippen LogP contribution in [0.5, 0.6) is 0 Å². The lowest BCUT2D eigenvalue weighted by Gasteiger charge is -2.41. The third-order valence-corrected chi connectivity index (χ3v) is 9.53. The van der Waals surface area contributed by atoms with E-state index in [2.05, 4.69) is 74.5 Å². The van der Waals surface area contributed by atoms with Crippen LogP contribution in [0.25, 0.3) is 0 Å². The fraction of sp³-hybridized carbons (Fsp3) is 0.400. The van der Waals surface area contributed by atoms with E-state index < -0.39 is 8.56 Å². The van der Waals surface area contributed by atoms with Gasteiger partial charge in [-0.2, -0.15) is 0 Å². The molecule has 2 rings (SSSR count). The Morgan fingerprint density at radius 3 is 1.30 bits per heavy atom. The van der Waals surface area contributed by atoms with Gasteiger partial charge in [-0.3, -0.25) is 0 Å². The fourth-order valence-corrected chi connectivity index (χ4v) is 8.01. The van der Waals surface area contributed by atoms with Crippen molar-refractivity contribution in [2.24, 2.45) is 0 Å². The minimum atomic E-state index is -2.48. The highest BCUT2D eigenvalue weighted by Gasteiger charge is 2.51. The molecule has 0 aliphatic rings. The quantitative estimate of drug-likeness (QED) is 0.621. The zero-order valence-corrected chi connectivity index (χ0v) is 15.7. The van der Waals surface area contributed by atoms with Crippen molar-refractivity contribution in [2.75, 3.05) is 14.2 Å². The number of rotatable bonds is 8. The first kappa shape index (κ1) is 17.9. The van der Waals surface area contributed by atoms with Crippen molar-refractivity contribution >= 4 is 8.56 Å². The normalized spacial score (nSPS) is 14.4. The van der Waals surface area contributed by atoms with Gasteiger partial charge in [0.25, 0.3) is 0 Å². The smallest absolute Gasteiger partial charge is 0.353 e. The van der Waals surface area contributed by atoms with Crippen molar-refractivity contribution in [3.63, 3.8) is 0 Å². The molecule has 0 amide bonds. The van der Waals surface area contributed by atoms with Crippen LogP contribution in [-0.4, -0.2) is 22.8 Å². The Bertz CT molecular complexity index is 517. The summed E-state index contributed by atoms with van der Waals surface area (Å²) in [4.78, 5) is 0. The molecule has 0 N–H and O–H groups in total. The highest BCUT2D eigenvalue weighted by molar-refractivity contribution is 6.70. The molecule has 2 aromatic carbocycles. The molecule has 0 aliphatic heterocycles. The molecule has 0 bridgehead atoms. The Morgan fingerprint density at radius 2 is 1.04 bits per heavy atom. The molecule has 0 radical (unpaired) electrons. The number of hydrogen-bond acceptors (Lipinski definition) is 2. The summed E-state index contributed by atoms with van der Waals surface area (Å²) in [6, 6.07) is 21.3. The van der Waals surface area contributed by atoms with E-state index in [4.69, 9.17) is 8.85 Å². The minimum Gasteiger partial charge on any atom is -0.397 e. The molecule has 23 heavy (non-hydrogen) atoms. The second-order valence-corrected chi connectivity index (χ2v) is 9.53. The summed E-state index contributed by atoms with van der Waals surface area (Å²) in [7, 11) is 1.17. The van der Waals surface area contributed by atoms with Gasteiger partial charge in [0.1, 0.15) is 0 Å². The average molecular weight is 329 g/mol. The fourth-order valence-electron chi connectivity index (χ4n) is 3.77. The standard InChI is InChI=1S/C20H28O2Si/c1-5-19(17-13-9-7-10-14-17)23(21-3,22-4)20(6-2)18-15-11-8-12-16-18/h7-16,19-20H,5-6H2,1-4H3. The first-order chi connectivity index (χ1) is 11.2. The number of benzene rings is 2. The second-order valence-electron chi connectivity index (χ2n) is 5.87. The Hall–Kier alpha value is -1.42. The van der Waals surface area contributed by atoms with E-state index in [-0.39, 0.29) is 0 Å². The summed E-state index contributed by atoms with van der Waals surface area (Å²) in [5.41, 5.74) is 3.26. The first-order valence-corrected chi connectivity index (χ1v) is 10.4. The van der Waals surface area contributed by atoms with E-state index in [1.165, 1.54) is 11.1 Å². The molecule has 0 saturated heterocycles. The van der Waals surface area contributed by atoms with Crippen LogP contribution >= 0.6 is 0 Å². The van der Waals surface area contributed by atoms with Crippen molar-refractivity contribution in [1.29, 1.82) is 0 Å². The Labute approximate surface area is 141 Å². The molecular formula is C20H28O2Si. The maximum atomic E-state index is 6.22. The summed E-state index contributed by atoms with van der Waals surface area (Å²) in [5, 5.41) is 0.